The van der Waals surface area contributed by atoms with Crippen LogP contribution >= 0.6 is 0 Å². The van der Waals surface area contributed by atoms with Gasteiger partial charge in [0.25, 0.3) is 0 Å². The number of ether oxygens (including phenoxy) is 3. The minimum Gasteiger partial charge on any atom is -0.375 e. The van der Waals surface area contributed by atoms with Crippen molar-refractivity contribution in [3.8, 4) is 0 Å². The molecule has 0 saturated heterocycles. The minimum atomic E-state index is -0.460. The van der Waals surface area contributed by atoms with E-state index in [1.165, 1.54) is 0 Å². The maximum Gasteiger partial charge on any atom is 0.246 e. The zero-order valence-electron chi connectivity index (χ0n) is 21.7. The molecule has 7 nitrogen and oxygen atoms in total. The van der Waals surface area contributed by atoms with Gasteiger partial charge in [-0.2, -0.15) is 0 Å². The Bertz CT molecular complexity index is 545. The molecule has 0 aromatic carbocycles. The first-order valence-electron chi connectivity index (χ1n) is 11.3. The van der Waals surface area contributed by atoms with E-state index < -0.39 is 5.41 Å². The molecule has 0 aliphatic rings. The second-order valence-electron chi connectivity index (χ2n) is 11.4. The van der Waals surface area contributed by atoms with Crippen molar-refractivity contribution in [1.29, 1.82) is 0 Å². The Labute approximate surface area is 190 Å². The molecule has 0 radical (unpaired) electrons. The first-order valence-corrected chi connectivity index (χ1v) is 11.3. The van der Waals surface area contributed by atoms with Crippen molar-refractivity contribution in [2.24, 2.45) is 5.41 Å². The van der Waals surface area contributed by atoms with Crippen LogP contribution in [0.15, 0.2) is 0 Å². The number of hydrogen-bond acceptors (Lipinski definition) is 6. The van der Waals surface area contributed by atoms with Crippen LogP contribution in [0.25, 0.3) is 0 Å². The summed E-state index contributed by atoms with van der Waals surface area (Å²) in [6, 6.07) is 0. The molecule has 0 fully saturated rings. The number of amides is 1. The van der Waals surface area contributed by atoms with Gasteiger partial charge < -0.3 is 24.8 Å². The Morgan fingerprint density at radius 2 is 1.26 bits per heavy atom. The number of nitrogens with one attached hydrogen (secondary N) is 2. The van der Waals surface area contributed by atoms with Gasteiger partial charge in [-0.05, 0) is 67.9 Å². The lowest BCUT2D eigenvalue weighted by molar-refractivity contribution is -0.134. The summed E-state index contributed by atoms with van der Waals surface area (Å²) >= 11 is 0. The lowest BCUT2D eigenvalue weighted by atomic mass is 9.91. The predicted molar refractivity (Wildman–Crippen MR) is 125 cm³/mol. The zero-order valence-corrected chi connectivity index (χ0v) is 21.7. The summed E-state index contributed by atoms with van der Waals surface area (Å²) in [5, 5.41) is 6.23. The highest BCUT2D eigenvalue weighted by Gasteiger charge is 2.24. The quantitative estimate of drug-likeness (QED) is 0.376. The van der Waals surface area contributed by atoms with Crippen molar-refractivity contribution < 1.29 is 23.8 Å². The highest BCUT2D eigenvalue weighted by atomic mass is 16.5. The third-order valence-corrected chi connectivity index (χ3v) is 4.80. The van der Waals surface area contributed by atoms with Gasteiger partial charge in [0.2, 0.25) is 5.91 Å². The number of ketones is 1. The van der Waals surface area contributed by atoms with Gasteiger partial charge in [-0.15, -0.1) is 0 Å². The summed E-state index contributed by atoms with van der Waals surface area (Å²) in [6.45, 7) is 22.3. The summed E-state index contributed by atoms with van der Waals surface area (Å²) in [7, 11) is 0. The Balaban J connectivity index is 3.97. The molecule has 0 unspecified atom stereocenters. The van der Waals surface area contributed by atoms with E-state index in [4.69, 9.17) is 14.2 Å². The molecule has 1 amide bonds. The summed E-state index contributed by atoms with van der Waals surface area (Å²) < 4.78 is 17.2. The molecule has 31 heavy (non-hydrogen) atoms. The van der Waals surface area contributed by atoms with E-state index in [2.05, 4.69) is 45.3 Å². The van der Waals surface area contributed by atoms with Crippen LogP contribution in [0.1, 0.15) is 82.1 Å². The Morgan fingerprint density at radius 1 is 0.710 bits per heavy atom. The lowest BCUT2D eigenvalue weighted by Crippen LogP contribution is -2.40. The fourth-order valence-corrected chi connectivity index (χ4v) is 2.48. The average Bonchev–Trinajstić information content (AvgIpc) is 2.56. The maximum atomic E-state index is 11.8. The number of rotatable bonds is 15. The smallest absolute Gasteiger partial charge is 0.246 e. The molecule has 0 aliphatic carbocycles. The van der Waals surface area contributed by atoms with E-state index >= 15 is 0 Å². The Hall–Kier alpha value is -1.02. The van der Waals surface area contributed by atoms with E-state index in [0.29, 0.717) is 19.8 Å². The van der Waals surface area contributed by atoms with Crippen LogP contribution in [0.4, 0.5) is 0 Å². The topological polar surface area (TPSA) is 85.9 Å². The molecule has 0 aliphatic heterocycles. The van der Waals surface area contributed by atoms with Crippen LogP contribution in [0.5, 0.6) is 0 Å². The average molecular weight is 445 g/mol. The minimum absolute atomic E-state index is 0.0266. The first kappa shape index (κ1) is 30.0. The van der Waals surface area contributed by atoms with E-state index in [0.717, 1.165) is 19.4 Å². The van der Waals surface area contributed by atoms with Crippen LogP contribution in [-0.4, -0.2) is 67.9 Å². The molecule has 2 N–H and O–H groups in total. The number of carbonyl (C=O) groups is 2. The van der Waals surface area contributed by atoms with E-state index in [1.54, 1.807) is 0 Å². The monoisotopic (exact) mass is 444 g/mol. The summed E-state index contributed by atoms with van der Waals surface area (Å²) in [5.41, 5.74) is -0.897. The first-order chi connectivity index (χ1) is 13.9. The second kappa shape index (κ2) is 12.9. The highest BCUT2D eigenvalue weighted by molar-refractivity contribution is 5.85. The molecule has 0 saturated carbocycles. The zero-order chi connectivity index (χ0) is 24.3. The number of hydrogen-bond donors (Lipinski definition) is 2. The van der Waals surface area contributed by atoms with Gasteiger partial charge >= 0.3 is 0 Å². The van der Waals surface area contributed by atoms with Gasteiger partial charge in [0, 0.05) is 17.5 Å². The van der Waals surface area contributed by atoms with Crippen LogP contribution in [0.2, 0.25) is 0 Å². The van der Waals surface area contributed by atoms with Gasteiger partial charge in [-0.3, -0.25) is 9.59 Å². The molecule has 184 valence electrons. The fourth-order valence-electron chi connectivity index (χ4n) is 2.48. The van der Waals surface area contributed by atoms with Crippen LogP contribution in [0.3, 0.4) is 0 Å². The van der Waals surface area contributed by atoms with Crippen molar-refractivity contribution in [2.45, 2.75) is 98.8 Å². The van der Waals surface area contributed by atoms with Gasteiger partial charge in [0.15, 0.2) is 5.78 Å². The van der Waals surface area contributed by atoms with Gasteiger partial charge in [0.05, 0.1) is 24.4 Å². The van der Waals surface area contributed by atoms with Crippen molar-refractivity contribution in [3.63, 3.8) is 0 Å². The molecular weight excluding hydrogens is 396 g/mol. The molecule has 0 rings (SSSR count). The van der Waals surface area contributed by atoms with E-state index in [-0.39, 0.29) is 41.6 Å². The van der Waals surface area contributed by atoms with Crippen molar-refractivity contribution in [2.75, 3.05) is 39.5 Å². The highest BCUT2D eigenvalue weighted by Crippen LogP contribution is 2.19. The van der Waals surface area contributed by atoms with Crippen molar-refractivity contribution >= 4 is 11.7 Å². The third kappa shape index (κ3) is 17.2. The van der Waals surface area contributed by atoms with Crippen molar-refractivity contribution in [1.82, 2.24) is 10.6 Å². The normalized spacial score (nSPS) is 13.4. The molecule has 0 aromatic rings. The SMILES string of the molecule is CC(C)(C)NCCC(C)(C)OCCC(C)(C)OCCNC(=O)COCC(=O)C(C)(C)C. The standard InChI is InChI=1S/C24H48N2O5/c1-21(2,3)19(27)17-29-18-20(28)25-14-16-31-24(9,10)12-15-30-23(7,8)11-13-26-22(4,5)6/h26H,11-18H2,1-10H3,(H,25,28). The summed E-state index contributed by atoms with van der Waals surface area (Å²) in [5.74, 6) is -0.279. The van der Waals surface area contributed by atoms with Crippen LogP contribution < -0.4 is 10.6 Å². The van der Waals surface area contributed by atoms with E-state index in [9.17, 15) is 9.59 Å². The van der Waals surface area contributed by atoms with Gasteiger partial charge in [-0.1, -0.05) is 20.8 Å². The molecule has 7 heteroatoms. The van der Waals surface area contributed by atoms with Gasteiger partial charge in [0.1, 0.15) is 13.2 Å². The number of carbonyl (C=O) groups excluding carboxylic acids is 2. The summed E-state index contributed by atoms with van der Waals surface area (Å²) in [4.78, 5) is 23.6. The van der Waals surface area contributed by atoms with Crippen LogP contribution in [-0.2, 0) is 23.8 Å². The Kier molecular flexibility index (Phi) is 12.5. The Morgan fingerprint density at radius 3 is 1.81 bits per heavy atom. The second-order valence-corrected chi connectivity index (χ2v) is 11.4. The molecule has 0 aromatic heterocycles. The molecule has 0 heterocycles. The van der Waals surface area contributed by atoms with Crippen LogP contribution in [0, 0.1) is 5.41 Å². The molecule has 0 atom stereocenters. The third-order valence-electron chi connectivity index (χ3n) is 4.80. The number of Topliss-reactive ketones (excluding diaryl/α,β-unsaturated/α-hetero) is 1. The predicted octanol–water partition coefficient (Wildman–Crippen LogP) is 3.49. The largest absolute Gasteiger partial charge is 0.375 e. The summed E-state index contributed by atoms with van der Waals surface area (Å²) in [6.07, 6.45) is 1.69. The maximum absolute atomic E-state index is 11.8. The van der Waals surface area contributed by atoms with Gasteiger partial charge in [-0.25, -0.2) is 0 Å². The molecule has 0 bridgehead atoms. The lowest BCUT2D eigenvalue weighted by Gasteiger charge is -2.31. The van der Waals surface area contributed by atoms with E-state index in [1.807, 2.05) is 34.6 Å². The van der Waals surface area contributed by atoms with Crippen molar-refractivity contribution in [3.05, 3.63) is 0 Å². The fraction of sp³-hybridized carbons (Fsp3) is 0.917. The molecule has 0 spiro atoms. The molecular formula is C24H48N2O5.